The molecular weight excluding hydrogens is 202 g/mol. The third-order valence-electron chi connectivity index (χ3n) is 3.46. The molecule has 3 nitrogen and oxygen atoms in total. The van der Waals surface area contributed by atoms with Gasteiger partial charge in [-0.05, 0) is 47.5 Å². The number of ether oxygens (including phenoxy) is 2. The summed E-state index contributed by atoms with van der Waals surface area (Å²) in [5.41, 5.74) is 6.10. The molecule has 0 saturated carbocycles. The maximum Gasteiger partial charge on any atom is 0.0677 e. The highest BCUT2D eigenvalue weighted by Crippen LogP contribution is 2.43. The predicted octanol–water partition coefficient (Wildman–Crippen LogP) is 2.33. The van der Waals surface area contributed by atoms with Crippen LogP contribution in [-0.2, 0) is 9.47 Å². The van der Waals surface area contributed by atoms with E-state index < -0.39 is 0 Å². The average molecular weight is 229 g/mol. The molecule has 0 aromatic carbocycles. The summed E-state index contributed by atoms with van der Waals surface area (Å²) in [6.07, 6.45) is 1.95. The number of hydrogen-bond donors (Lipinski definition) is 1. The molecule has 96 valence electrons. The molecule has 0 aromatic rings. The van der Waals surface area contributed by atoms with Crippen LogP contribution in [0.2, 0.25) is 0 Å². The molecule has 16 heavy (non-hydrogen) atoms. The lowest BCUT2D eigenvalue weighted by Gasteiger charge is -2.31. The maximum absolute atomic E-state index is 6.26. The Bertz CT molecular complexity index is 226. The first kappa shape index (κ1) is 13.9. The summed E-state index contributed by atoms with van der Waals surface area (Å²) in [6, 6.07) is 0.170. The van der Waals surface area contributed by atoms with Crippen molar-refractivity contribution in [2.75, 3.05) is 13.2 Å². The lowest BCUT2D eigenvalue weighted by Crippen LogP contribution is -2.41. The molecule has 3 heteroatoms. The molecule has 1 saturated heterocycles. The van der Waals surface area contributed by atoms with Crippen molar-refractivity contribution >= 4 is 0 Å². The van der Waals surface area contributed by atoms with Gasteiger partial charge in [0.1, 0.15) is 0 Å². The molecular formula is C13H27NO2. The van der Waals surface area contributed by atoms with Crippen LogP contribution in [0.3, 0.4) is 0 Å². The Morgan fingerprint density at radius 1 is 1.38 bits per heavy atom. The van der Waals surface area contributed by atoms with E-state index in [-0.39, 0.29) is 17.2 Å². The Morgan fingerprint density at radius 2 is 2.00 bits per heavy atom. The van der Waals surface area contributed by atoms with Crippen molar-refractivity contribution in [2.24, 2.45) is 11.7 Å². The Balaban J connectivity index is 2.52. The first-order valence-corrected chi connectivity index (χ1v) is 6.32. The number of hydrogen-bond acceptors (Lipinski definition) is 3. The molecule has 1 heterocycles. The summed E-state index contributed by atoms with van der Waals surface area (Å²) in [7, 11) is 0. The van der Waals surface area contributed by atoms with E-state index in [2.05, 4.69) is 27.7 Å². The Labute approximate surface area is 99.7 Å². The van der Waals surface area contributed by atoms with Crippen LogP contribution in [0.25, 0.3) is 0 Å². The fourth-order valence-corrected chi connectivity index (χ4v) is 2.84. The molecule has 0 bridgehead atoms. The first-order chi connectivity index (χ1) is 7.28. The molecule has 2 N–H and O–H groups in total. The van der Waals surface area contributed by atoms with Gasteiger partial charge in [-0.2, -0.15) is 0 Å². The lowest BCUT2D eigenvalue weighted by molar-refractivity contribution is -0.0772. The second-order valence-corrected chi connectivity index (χ2v) is 5.93. The molecule has 2 atom stereocenters. The van der Waals surface area contributed by atoms with E-state index in [0.29, 0.717) is 5.92 Å². The van der Waals surface area contributed by atoms with Crippen LogP contribution in [-0.4, -0.2) is 30.5 Å². The molecule has 0 amide bonds. The Hall–Kier alpha value is -0.120. The van der Waals surface area contributed by atoms with Gasteiger partial charge in [-0.3, -0.25) is 0 Å². The van der Waals surface area contributed by atoms with Gasteiger partial charge >= 0.3 is 0 Å². The van der Waals surface area contributed by atoms with Gasteiger partial charge in [-0.25, -0.2) is 0 Å². The van der Waals surface area contributed by atoms with Crippen LogP contribution in [0.5, 0.6) is 0 Å². The highest BCUT2D eigenvalue weighted by molar-refractivity contribution is 4.98. The summed E-state index contributed by atoms with van der Waals surface area (Å²) in [5, 5.41) is 0. The van der Waals surface area contributed by atoms with Gasteiger partial charge in [0.2, 0.25) is 0 Å². The second-order valence-electron chi connectivity index (χ2n) is 5.93. The molecule has 1 rings (SSSR count). The van der Waals surface area contributed by atoms with Crippen molar-refractivity contribution < 1.29 is 9.47 Å². The fourth-order valence-electron chi connectivity index (χ4n) is 2.84. The van der Waals surface area contributed by atoms with Crippen molar-refractivity contribution in [3.05, 3.63) is 0 Å². The van der Waals surface area contributed by atoms with Crippen molar-refractivity contribution in [2.45, 2.75) is 64.7 Å². The van der Waals surface area contributed by atoms with Gasteiger partial charge in [0.25, 0.3) is 0 Å². The largest absolute Gasteiger partial charge is 0.382 e. The van der Waals surface area contributed by atoms with Crippen molar-refractivity contribution in [1.82, 2.24) is 0 Å². The van der Waals surface area contributed by atoms with E-state index in [4.69, 9.17) is 15.2 Å². The van der Waals surface area contributed by atoms with Gasteiger partial charge in [0.05, 0.1) is 11.2 Å². The second kappa shape index (κ2) is 5.03. The van der Waals surface area contributed by atoms with Crippen LogP contribution in [0, 0.1) is 5.92 Å². The molecule has 0 aliphatic carbocycles. The van der Waals surface area contributed by atoms with E-state index in [9.17, 15) is 0 Å². The lowest BCUT2D eigenvalue weighted by atomic mass is 9.81. The minimum Gasteiger partial charge on any atom is -0.382 e. The molecule has 0 aromatic heterocycles. The zero-order valence-electron chi connectivity index (χ0n) is 11.4. The molecule has 1 fully saturated rings. The molecule has 0 radical (unpaired) electrons. The standard InChI is InChI=1S/C13H27NO2/c1-6-15-8-7-11(14)10-9-12(2,3)16-13(10,4)5/h10-11H,6-9,14H2,1-5H3. The zero-order valence-corrected chi connectivity index (χ0v) is 11.4. The SMILES string of the molecule is CCOCCC(N)C1CC(C)(C)OC1(C)C. The van der Waals surface area contributed by atoms with Gasteiger partial charge in [-0.15, -0.1) is 0 Å². The minimum atomic E-state index is -0.116. The maximum atomic E-state index is 6.26. The summed E-state index contributed by atoms with van der Waals surface area (Å²) in [4.78, 5) is 0. The Morgan fingerprint density at radius 3 is 2.44 bits per heavy atom. The molecule has 1 aliphatic heterocycles. The summed E-state index contributed by atoms with van der Waals surface area (Å²) >= 11 is 0. The van der Waals surface area contributed by atoms with E-state index in [1.165, 1.54) is 0 Å². The summed E-state index contributed by atoms with van der Waals surface area (Å²) < 4.78 is 11.4. The summed E-state index contributed by atoms with van der Waals surface area (Å²) in [5.74, 6) is 0.419. The smallest absolute Gasteiger partial charge is 0.0677 e. The van der Waals surface area contributed by atoms with E-state index >= 15 is 0 Å². The zero-order chi connectivity index (χ0) is 12.4. The van der Waals surface area contributed by atoms with Crippen molar-refractivity contribution in [1.29, 1.82) is 0 Å². The minimum absolute atomic E-state index is 0.0442. The Kier molecular flexibility index (Phi) is 4.38. The normalized spacial score (nSPS) is 29.2. The summed E-state index contributed by atoms with van der Waals surface area (Å²) in [6.45, 7) is 12.1. The van der Waals surface area contributed by atoms with Crippen LogP contribution in [0.15, 0.2) is 0 Å². The highest BCUT2D eigenvalue weighted by Gasteiger charge is 2.47. The van der Waals surface area contributed by atoms with Crippen molar-refractivity contribution in [3.63, 3.8) is 0 Å². The van der Waals surface area contributed by atoms with E-state index in [1.54, 1.807) is 0 Å². The van der Waals surface area contributed by atoms with Crippen LogP contribution in [0.4, 0.5) is 0 Å². The van der Waals surface area contributed by atoms with E-state index in [1.807, 2.05) is 6.92 Å². The molecule has 0 spiro atoms. The molecule has 2 unspecified atom stereocenters. The quantitative estimate of drug-likeness (QED) is 0.736. The molecule has 1 aliphatic rings. The van der Waals surface area contributed by atoms with E-state index in [0.717, 1.165) is 26.1 Å². The first-order valence-electron chi connectivity index (χ1n) is 6.32. The highest BCUT2D eigenvalue weighted by atomic mass is 16.5. The van der Waals surface area contributed by atoms with Gasteiger partial charge in [-0.1, -0.05) is 0 Å². The average Bonchev–Trinajstić information content (AvgIpc) is 2.34. The van der Waals surface area contributed by atoms with Crippen LogP contribution >= 0.6 is 0 Å². The number of rotatable bonds is 5. The third kappa shape index (κ3) is 3.44. The van der Waals surface area contributed by atoms with Gasteiger partial charge < -0.3 is 15.2 Å². The van der Waals surface area contributed by atoms with Gasteiger partial charge in [0.15, 0.2) is 0 Å². The topological polar surface area (TPSA) is 44.5 Å². The van der Waals surface area contributed by atoms with Crippen LogP contribution in [0.1, 0.15) is 47.5 Å². The fraction of sp³-hybridized carbons (Fsp3) is 1.00. The van der Waals surface area contributed by atoms with Gasteiger partial charge in [0, 0.05) is 25.2 Å². The monoisotopic (exact) mass is 229 g/mol. The third-order valence-corrected chi connectivity index (χ3v) is 3.46. The predicted molar refractivity (Wildman–Crippen MR) is 66.4 cm³/mol. The van der Waals surface area contributed by atoms with Crippen LogP contribution < -0.4 is 5.73 Å². The number of nitrogens with two attached hydrogens (primary N) is 1. The van der Waals surface area contributed by atoms with Crippen molar-refractivity contribution in [3.8, 4) is 0 Å².